The van der Waals surface area contributed by atoms with Crippen LogP contribution in [0.2, 0.25) is 0 Å². The number of carboxylic acid groups (broad SMARTS) is 1. The average Bonchev–Trinajstić information content (AvgIpc) is 2.57. The van der Waals surface area contributed by atoms with Gasteiger partial charge in [-0.2, -0.15) is 0 Å². The Hall–Kier alpha value is -1.32. The Morgan fingerprint density at radius 3 is 1.81 bits per heavy atom. The van der Waals surface area contributed by atoms with E-state index in [0.717, 1.165) is 18.4 Å². The van der Waals surface area contributed by atoms with Crippen LogP contribution < -0.4 is 5.32 Å². The topological polar surface area (TPSA) is 66.4 Å². The van der Waals surface area contributed by atoms with E-state index >= 15 is 0 Å². The minimum absolute atomic E-state index is 0.0359. The Labute approximate surface area is 160 Å². The predicted octanol–water partition coefficient (Wildman–Crippen LogP) is 6.00. The molecule has 2 N–H and O–H groups in total. The van der Waals surface area contributed by atoms with E-state index in [1.54, 1.807) is 0 Å². The highest BCUT2D eigenvalue weighted by molar-refractivity contribution is 5.76. The standard InChI is InChI=1S/C22H41NO3/c1-4-5-6-7-8-9-10-11-12-13-14-15-21(24)23-20(18-19(2)3)16-17-22(25)26/h18,20H,4-17H2,1-3H3,(H,23,24)(H,25,26)/t20-/m0/s1. The van der Waals surface area contributed by atoms with Crippen LogP contribution in [0, 0.1) is 0 Å². The minimum Gasteiger partial charge on any atom is -0.481 e. The quantitative estimate of drug-likeness (QED) is 0.245. The molecular weight excluding hydrogens is 326 g/mol. The maximum Gasteiger partial charge on any atom is 0.303 e. The van der Waals surface area contributed by atoms with Gasteiger partial charge in [0.1, 0.15) is 0 Å². The van der Waals surface area contributed by atoms with Gasteiger partial charge >= 0.3 is 5.97 Å². The molecule has 1 atom stereocenters. The van der Waals surface area contributed by atoms with Crippen LogP contribution in [0.25, 0.3) is 0 Å². The van der Waals surface area contributed by atoms with Crippen molar-refractivity contribution in [3.05, 3.63) is 11.6 Å². The van der Waals surface area contributed by atoms with Crippen LogP contribution in [0.1, 0.15) is 111 Å². The van der Waals surface area contributed by atoms with Crippen LogP contribution in [-0.4, -0.2) is 23.0 Å². The van der Waals surface area contributed by atoms with Crippen LogP contribution in [0.5, 0.6) is 0 Å². The van der Waals surface area contributed by atoms with Gasteiger partial charge in [-0.3, -0.25) is 9.59 Å². The molecule has 0 bridgehead atoms. The molecule has 0 aromatic rings. The maximum absolute atomic E-state index is 12.1. The third kappa shape index (κ3) is 17.5. The van der Waals surface area contributed by atoms with Gasteiger partial charge in [-0.15, -0.1) is 0 Å². The number of rotatable bonds is 17. The Bertz CT molecular complexity index is 400. The first-order chi connectivity index (χ1) is 12.5. The first-order valence-electron chi connectivity index (χ1n) is 10.6. The van der Waals surface area contributed by atoms with Crippen molar-refractivity contribution in [1.82, 2.24) is 5.32 Å². The smallest absolute Gasteiger partial charge is 0.303 e. The number of hydrogen-bond acceptors (Lipinski definition) is 2. The first-order valence-corrected chi connectivity index (χ1v) is 10.6. The average molecular weight is 368 g/mol. The molecule has 0 rings (SSSR count). The number of allylic oxidation sites excluding steroid dienone is 1. The Kier molecular flexibility index (Phi) is 16.2. The zero-order chi connectivity index (χ0) is 19.6. The van der Waals surface area contributed by atoms with Crippen molar-refractivity contribution in [3.8, 4) is 0 Å². The summed E-state index contributed by atoms with van der Waals surface area (Å²) in [4.78, 5) is 22.8. The largest absolute Gasteiger partial charge is 0.481 e. The molecule has 0 aromatic carbocycles. The van der Waals surface area contributed by atoms with Crippen LogP contribution in [0.15, 0.2) is 11.6 Å². The highest BCUT2D eigenvalue weighted by atomic mass is 16.4. The van der Waals surface area contributed by atoms with Crippen molar-refractivity contribution >= 4 is 11.9 Å². The van der Waals surface area contributed by atoms with Crippen LogP contribution in [0.4, 0.5) is 0 Å². The van der Waals surface area contributed by atoms with Crippen LogP contribution in [-0.2, 0) is 9.59 Å². The fraction of sp³-hybridized carbons (Fsp3) is 0.818. The summed E-state index contributed by atoms with van der Waals surface area (Å²) in [5.41, 5.74) is 1.09. The number of unbranched alkanes of at least 4 members (excludes halogenated alkanes) is 10. The van der Waals surface area contributed by atoms with Crippen molar-refractivity contribution in [2.75, 3.05) is 0 Å². The zero-order valence-electron chi connectivity index (χ0n) is 17.3. The first kappa shape index (κ1) is 24.7. The van der Waals surface area contributed by atoms with Gasteiger partial charge in [0.05, 0.1) is 0 Å². The number of aliphatic carboxylic acids is 1. The molecule has 0 saturated carbocycles. The molecule has 0 heterocycles. The number of carbonyl (C=O) groups excluding carboxylic acids is 1. The lowest BCUT2D eigenvalue weighted by molar-refractivity contribution is -0.137. The lowest BCUT2D eigenvalue weighted by atomic mass is 10.0. The van der Waals surface area contributed by atoms with Crippen LogP contribution in [0.3, 0.4) is 0 Å². The monoisotopic (exact) mass is 367 g/mol. The highest BCUT2D eigenvalue weighted by Crippen LogP contribution is 2.12. The van der Waals surface area contributed by atoms with E-state index in [2.05, 4.69) is 12.2 Å². The number of amides is 1. The molecule has 152 valence electrons. The molecular formula is C22H41NO3. The zero-order valence-corrected chi connectivity index (χ0v) is 17.3. The minimum atomic E-state index is -0.822. The summed E-state index contributed by atoms with van der Waals surface area (Å²) in [6, 6.07) is -0.170. The van der Waals surface area contributed by atoms with Gasteiger partial charge in [-0.25, -0.2) is 0 Å². The van der Waals surface area contributed by atoms with E-state index in [4.69, 9.17) is 5.11 Å². The Morgan fingerprint density at radius 2 is 1.35 bits per heavy atom. The maximum atomic E-state index is 12.1. The molecule has 0 radical (unpaired) electrons. The fourth-order valence-electron chi connectivity index (χ4n) is 3.11. The highest BCUT2D eigenvalue weighted by Gasteiger charge is 2.11. The van der Waals surface area contributed by atoms with E-state index in [1.165, 1.54) is 57.8 Å². The Balaban J connectivity index is 3.70. The summed E-state index contributed by atoms with van der Waals surface area (Å²) in [6.45, 7) is 6.17. The van der Waals surface area contributed by atoms with Gasteiger partial charge < -0.3 is 10.4 Å². The van der Waals surface area contributed by atoms with Crippen molar-refractivity contribution in [3.63, 3.8) is 0 Å². The fourth-order valence-corrected chi connectivity index (χ4v) is 3.11. The van der Waals surface area contributed by atoms with E-state index in [-0.39, 0.29) is 18.4 Å². The van der Waals surface area contributed by atoms with Crippen molar-refractivity contribution in [2.45, 2.75) is 117 Å². The summed E-state index contributed by atoms with van der Waals surface area (Å²) in [5, 5.41) is 11.8. The third-order valence-corrected chi connectivity index (χ3v) is 4.56. The van der Waals surface area contributed by atoms with Gasteiger partial charge in [0, 0.05) is 18.9 Å². The molecule has 1 amide bonds. The second-order valence-corrected chi connectivity index (χ2v) is 7.64. The molecule has 0 aliphatic heterocycles. The van der Waals surface area contributed by atoms with Gasteiger partial charge in [-0.1, -0.05) is 82.8 Å². The van der Waals surface area contributed by atoms with Gasteiger partial charge in [-0.05, 0) is 26.7 Å². The normalized spacial score (nSPS) is 11.8. The molecule has 26 heavy (non-hydrogen) atoms. The molecule has 0 fully saturated rings. The summed E-state index contributed by atoms with van der Waals surface area (Å²) < 4.78 is 0. The van der Waals surface area contributed by atoms with E-state index < -0.39 is 5.97 Å². The lowest BCUT2D eigenvalue weighted by Crippen LogP contribution is -2.33. The third-order valence-electron chi connectivity index (χ3n) is 4.56. The summed E-state index contributed by atoms with van der Waals surface area (Å²) in [5.74, 6) is -0.786. The predicted molar refractivity (Wildman–Crippen MR) is 109 cm³/mol. The number of carboxylic acids is 1. The van der Waals surface area contributed by atoms with E-state index in [1.807, 2.05) is 19.9 Å². The summed E-state index contributed by atoms with van der Waals surface area (Å²) in [7, 11) is 0. The van der Waals surface area contributed by atoms with Crippen molar-refractivity contribution in [1.29, 1.82) is 0 Å². The van der Waals surface area contributed by atoms with Crippen molar-refractivity contribution < 1.29 is 14.7 Å². The second kappa shape index (κ2) is 17.1. The van der Waals surface area contributed by atoms with Crippen molar-refractivity contribution in [2.24, 2.45) is 0 Å². The lowest BCUT2D eigenvalue weighted by Gasteiger charge is -2.15. The van der Waals surface area contributed by atoms with E-state index in [0.29, 0.717) is 12.8 Å². The van der Waals surface area contributed by atoms with Crippen LogP contribution >= 0.6 is 0 Å². The molecule has 0 aliphatic carbocycles. The summed E-state index contributed by atoms with van der Waals surface area (Å²) in [6.07, 6.45) is 17.0. The Morgan fingerprint density at radius 1 is 0.846 bits per heavy atom. The molecule has 0 aliphatic rings. The molecule has 4 nitrogen and oxygen atoms in total. The molecule has 4 heteroatoms. The summed E-state index contributed by atoms with van der Waals surface area (Å²) >= 11 is 0. The number of nitrogens with one attached hydrogen (secondary N) is 1. The SMILES string of the molecule is CCCCCCCCCCCCCC(=O)N[C@H](C=C(C)C)CCC(=O)O. The van der Waals surface area contributed by atoms with E-state index in [9.17, 15) is 9.59 Å². The number of carbonyl (C=O) groups is 2. The van der Waals surface area contributed by atoms with Gasteiger partial charge in [0.2, 0.25) is 5.91 Å². The number of hydrogen-bond donors (Lipinski definition) is 2. The van der Waals surface area contributed by atoms with Gasteiger partial charge in [0.25, 0.3) is 0 Å². The molecule has 0 spiro atoms. The second-order valence-electron chi connectivity index (χ2n) is 7.64. The molecule has 0 saturated heterocycles. The molecule has 0 unspecified atom stereocenters. The molecule has 0 aromatic heterocycles. The van der Waals surface area contributed by atoms with Gasteiger partial charge in [0.15, 0.2) is 0 Å².